The van der Waals surface area contributed by atoms with Gasteiger partial charge in [-0.15, -0.1) is 0 Å². The van der Waals surface area contributed by atoms with Gasteiger partial charge in [0.25, 0.3) is 5.91 Å². The van der Waals surface area contributed by atoms with Gasteiger partial charge in [0.2, 0.25) is 0 Å². The van der Waals surface area contributed by atoms with Crippen LogP contribution in [0.5, 0.6) is 5.75 Å². The fourth-order valence-corrected chi connectivity index (χ4v) is 3.03. The number of rotatable bonds is 8. The third-order valence-electron chi connectivity index (χ3n) is 4.53. The van der Waals surface area contributed by atoms with Gasteiger partial charge >= 0.3 is 5.97 Å². The molecule has 3 rings (SSSR count). The third kappa shape index (κ3) is 6.21. The molecule has 0 bridgehead atoms. The molecule has 0 aromatic heterocycles. The van der Waals surface area contributed by atoms with Gasteiger partial charge in [0, 0.05) is 17.1 Å². The lowest BCUT2D eigenvalue weighted by Gasteiger charge is -2.11. The van der Waals surface area contributed by atoms with Crippen LogP contribution < -0.4 is 10.1 Å². The number of hydrogen-bond donors (Lipinski definition) is 2. The van der Waals surface area contributed by atoms with Gasteiger partial charge in [-0.05, 0) is 47.5 Å². The fraction of sp³-hybridized carbons (Fsp3) is 0.0800. The smallest absolute Gasteiger partial charge is 0.335 e. The summed E-state index contributed by atoms with van der Waals surface area (Å²) >= 11 is 6.10. The molecule has 0 aliphatic rings. The van der Waals surface area contributed by atoms with Crippen LogP contribution in [-0.4, -0.2) is 17.0 Å². The van der Waals surface area contributed by atoms with Gasteiger partial charge in [0.1, 0.15) is 24.0 Å². The first-order valence-electron chi connectivity index (χ1n) is 9.65. The minimum atomic E-state index is -1.00. The number of carbonyl (C=O) groups excluding carboxylic acids is 1. The highest BCUT2D eigenvalue weighted by Gasteiger charge is 2.12. The maximum absolute atomic E-state index is 12.5. The number of ether oxygens (including phenoxy) is 1. The number of nitriles is 1. The highest BCUT2D eigenvalue weighted by atomic mass is 35.5. The molecule has 0 heterocycles. The Morgan fingerprint density at radius 3 is 2.41 bits per heavy atom. The number of aromatic carboxylic acids is 1. The van der Waals surface area contributed by atoms with Gasteiger partial charge in [-0.2, -0.15) is 5.26 Å². The van der Waals surface area contributed by atoms with Crippen molar-refractivity contribution in [2.75, 3.05) is 0 Å². The van der Waals surface area contributed by atoms with E-state index in [1.165, 1.54) is 18.2 Å². The molecule has 0 atom stereocenters. The second-order valence-corrected chi connectivity index (χ2v) is 7.25. The normalized spacial score (nSPS) is 10.8. The average molecular weight is 447 g/mol. The van der Waals surface area contributed by atoms with Crippen LogP contribution in [0.2, 0.25) is 5.02 Å². The number of carbonyl (C=O) groups is 2. The molecule has 0 fully saturated rings. The van der Waals surface area contributed by atoms with Crippen LogP contribution in [-0.2, 0) is 17.9 Å². The summed E-state index contributed by atoms with van der Waals surface area (Å²) in [4.78, 5) is 23.5. The molecule has 6 nitrogen and oxygen atoms in total. The molecule has 0 unspecified atom stereocenters. The van der Waals surface area contributed by atoms with Crippen LogP contribution in [0.4, 0.5) is 0 Å². The second-order valence-electron chi connectivity index (χ2n) is 6.81. The standard InChI is InChI=1S/C25H19ClN2O4/c26-22-10-11-23(32-16-18-6-8-19(9-7-18)25(30)31)20(13-22)12-21(14-27)24(29)28-15-17-4-2-1-3-5-17/h1-13H,15-16H2,(H,28,29)(H,30,31)/b21-12+. The maximum atomic E-state index is 12.5. The number of halogens is 1. The van der Waals surface area contributed by atoms with E-state index < -0.39 is 11.9 Å². The number of carboxylic acids is 1. The summed E-state index contributed by atoms with van der Waals surface area (Å²) in [7, 11) is 0. The van der Waals surface area contributed by atoms with Crippen molar-refractivity contribution >= 4 is 29.6 Å². The van der Waals surface area contributed by atoms with E-state index in [9.17, 15) is 14.9 Å². The zero-order valence-electron chi connectivity index (χ0n) is 16.9. The van der Waals surface area contributed by atoms with Crippen molar-refractivity contribution < 1.29 is 19.4 Å². The highest BCUT2D eigenvalue weighted by Crippen LogP contribution is 2.26. The molecule has 3 aromatic carbocycles. The van der Waals surface area contributed by atoms with Gasteiger partial charge in [-0.25, -0.2) is 4.79 Å². The minimum absolute atomic E-state index is 0.0844. The predicted molar refractivity (Wildman–Crippen MR) is 121 cm³/mol. The lowest BCUT2D eigenvalue weighted by atomic mass is 10.1. The average Bonchev–Trinajstić information content (AvgIpc) is 2.81. The number of nitrogens with one attached hydrogen (secondary N) is 1. The van der Waals surface area contributed by atoms with Crippen molar-refractivity contribution in [1.29, 1.82) is 5.26 Å². The summed E-state index contributed by atoms with van der Waals surface area (Å²) in [6.45, 7) is 0.467. The topological polar surface area (TPSA) is 99.4 Å². The van der Waals surface area contributed by atoms with Crippen molar-refractivity contribution in [3.05, 3.63) is 106 Å². The van der Waals surface area contributed by atoms with Crippen molar-refractivity contribution in [3.63, 3.8) is 0 Å². The van der Waals surface area contributed by atoms with Crippen molar-refractivity contribution in [1.82, 2.24) is 5.32 Å². The number of amides is 1. The zero-order valence-corrected chi connectivity index (χ0v) is 17.7. The molecular formula is C25H19ClN2O4. The van der Waals surface area contributed by atoms with Gasteiger partial charge in [0.05, 0.1) is 5.56 Å². The number of nitrogens with zero attached hydrogens (tertiary/aromatic N) is 1. The molecule has 32 heavy (non-hydrogen) atoms. The van der Waals surface area contributed by atoms with E-state index in [1.54, 1.807) is 30.3 Å². The summed E-state index contributed by atoms with van der Waals surface area (Å²) < 4.78 is 5.84. The molecule has 160 valence electrons. The van der Waals surface area contributed by atoms with Crippen molar-refractivity contribution in [2.45, 2.75) is 13.2 Å². The largest absolute Gasteiger partial charge is 0.488 e. The molecule has 7 heteroatoms. The van der Waals surface area contributed by atoms with Gasteiger partial charge in [0.15, 0.2) is 0 Å². The summed E-state index contributed by atoms with van der Waals surface area (Å²) in [6, 6.07) is 22.5. The first-order chi connectivity index (χ1) is 15.5. The molecule has 3 aromatic rings. The Morgan fingerprint density at radius 2 is 1.75 bits per heavy atom. The Hall–Kier alpha value is -4.08. The van der Waals surface area contributed by atoms with Crippen LogP contribution in [0.15, 0.2) is 78.4 Å². The summed E-state index contributed by atoms with van der Waals surface area (Å²) in [6.07, 6.45) is 1.43. The Bertz CT molecular complexity index is 1180. The molecule has 0 saturated carbocycles. The lowest BCUT2D eigenvalue weighted by Crippen LogP contribution is -2.23. The molecule has 2 N–H and O–H groups in total. The van der Waals surface area contributed by atoms with Crippen LogP contribution in [0.3, 0.4) is 0 Å². The Kier molecular flexibility index (Phi) is 7.63. The Morgan fingerprint density at radius 1 is 1.03 bits per heavy atom. The predicted octanol–water partition coefficient (Wildman–Crippen LogP) is 4.84. The molecule has 1 amide bonds. The van der Waals surface area contributed by atoms with Gasteiger partial charge in [-0.1, -0.05) is 54.1 Å². The maximum Gasteiger partial charge on any atom is 0.335 e. The summed E-state index contributed by atoms with van der Waals surface area (Å²) in [5.74, 6) is -1.08. The SMILES string of the molecule is N#C/C(=C\c1cc(Cl)ccc1OCc1ccc(C(=O)O)cc1)C(=O)NCc1ccccc1. The number of carboxylic acid groups (broad SMARTS) is 1. The van der Waals surface area contributed by atoms with E-state index in [1.807, 2.05) is 36.4 Å². The molecular weight excluding hydrogens is 428 g/mol. The van der Waals surface area contributed by atoms with Gasteiger partial charge in [-0.3, -0.25) is 4.79 Å². The van der Waals surface area contributed by atoms with Crippen LogP contribution in [0, 0.1) is 11.3 Å². The van der Waals surface area contributed by atoms with Crippen LogP contribution in [0.25, 0.3) is 6.08 Å². The molecule has 0 aliphatic carbocycles. The lowest BCUT2D eigenvalue weighted by molar-refractivity contribution is -0.117. The number of hydrogen-bond acceptors (Lipinski definition) is 4. The molecule has 0 saturated heterocycles. The first kappa shape index (κ1) is 22.6. The van der Waals surface area contributed by atoms with E-state index in [-0.39, 0.29) is 17.7 Å². The highest BCUT2D eigenvalue weighted by molar-refractivity contribution is 6.30. The van der Waals surface area contributed by atoms with Gasteiger partial charge < -0.3 is 15.2 Å². The Balaban J connectivity index is 1.74. The second kappa shape index (κ2) is 10.8. The monoisotopic (exact) mass is 446 g/mol. The quantitative estimate of drug-likeness (QED) is 0.381. The van der Waals surface area contributed by atoms with E-state index in [0.29, 0.717) is 22.9 Å². The number of benzene rings is 3. The Labute approximate surface area is 190 Å². The van der Waals surface area contributed by atoms with Crippen molar-refractivity contribution in [3.8, 4) is 11.8 Å². The molecule has 0 radical (unpaired) electrons. The molecule has 0 spiro atoms. The fourth-order valence-electron chi connectivity index (χ4n) is 2.85. The van der Waals surface area contributed by atoms with Crippen LogP contribution >= 0.6 is 11.6 Å². The van der Waals surface area contributed by atoms with Crippen molar-refractivity contribution in [2.24, 2.45) is 0 Å². The molecule has 0 aliphatic heterocycles. The van der Waals surface area contributed by atoms with E-state index >= 15 is 0 Å². The van der Waals surface area contributed by atoms with E-state index in [0.717, 1.165) is 11.1 Å². The summed E-state index contributed by atoms with van der Waals surface area (Å²) in [5, 5.41) is 21.6. The first-order valence-corrected chi connectivity index (χ1v) is 10.0. The van der Waals surface area contributed by atoms with E-state index in [2.05, 4.69) is 5.32 Å². The third-order valence-corrected chi connectivity index (χ3v) is 4.76. The zero-order chi connectivity index (χ0) is 22.9. The van der Waals surface area contributed by atoms with E-state index in [4.69, 9.17) is 21.4 Å². The summed E-state index contributed by atoms with van der Waals surface area (Å²) in [5.41, 5.74) is 2.26. The van der Waals surface area contributed by atoms with Crippen LogP contribution in [0.1, 0.15) is 27.0 Å². The minimum Gasteiger partial charge on any atom is -0.488 e.